The highest BCUT2D eigenvalue weighted by Gasteiger charge is 2.04. The Kier molecular flexibility index (Phi) is 4.17. The Labute approximate surface area is 118 Å². The topological polar surface area (TPSA) is 38.5 Å². The van der Waals surface area contributed by atoms with Crippen LogP contribution in [0.25, 0.3) is 0 Å². The lowest BCUT2D eigenvalue weighted by atomic mass is 10.2. The number of benzene rings is 2. The molecule has 2 aromatic carbocycles. The molecule has 0 aliphatic rings. The molecule has 0 spiro atoms. The molecule has 2 rings (SSSR count). The Morgan fingerprint density at radius 1 is 1.16 bits per heavy atom. The molecule has 0 atom stereocenters. The van der Waals surface area contributed by atoms with E-state index < -0.39 is 0 Å². The van der Waals surface area contributed by atoms with Gasteiger partial charge in [0.15, 0.2) is 0 Å². The van der Waals surface area contributed by atoms with Crippen molar-refractivity contribution in [2.24, 2.45) is 0 Å². The van der Waals surface area contributed by atoms with Gasteiger partial charge in [0, 0.05) is 30.9 Å². The summed E-state index contributed by atoms with van der Waals surface area (Å²) < 4.78 is 5.76. The van der Waals surface area contributed by atoms with Gasteiger partial charge in [0.05, 0.1) is 5.69 Å². The maximum Gasteiger partial charge on any atom is 0.144 e. The number of nitrogens with zero attached hydrogens (tertiary/aromatic N) is 1. The first-order chi connectivity index (χ1) is 9.06. The number of ether oxygens (including phenoxy) is 1. The lowest BCUT2D eigenvalue weighted by Crippen LogP contribution is -2.09. The van der Waals surface area contributed by atoms with Crippen LogP contribution >= 0.6 is 11.6 Å². The summed E-state index contributed by atoms with van der Waals surface area (Å²) in [5, 5.41) is 0.705. The van der Waals surface area contributed by atoms with Crippen molar-refractivity contribution in [2.75, 3.05) is 24.7 Å². The molecule has 19 heavy (non-hydrogen) atoms. The Hall–Kier alpha value is -1.87. The molecule has 0 aliphatic carbocycles. The molecule has 0 heterocycles. The summed E-state index contributed by atoms with van der Waals surface area (Å²) in [7, 11) is 3.96. The van der Waals surface area contributed by atoms with E-state index in [2.05, 4.69) is 0 Å². The number of nitrogens with two attached hydrogens (primary N) is 1. The number of halogens is 1. The molecule has 0 fully saturated rings. The van der Waals surface area contributed by atoms with Crippen molar-refractivity contribution in [1.82, 2.24) is 0 Å². The Morgan fingerprint density at radius 2 is 1.95 bits per heavy atom. The third-order valence-corrected chi connectivity index (χ3v) is 3.03. The minimum absolute atomic E-state index is 0.446. The molecule has 100 valence electrons. The molecule has 0 saturated heterocycles. The summed E-state index contributed by atoms with van der Waals surface area (Å²) in [4.78, 5) is 2.01. The first kappa shape index (κ1) is 13.6. The van der Waals surface area contributed by atoms with Crippen LogP contribution in [0, 0.1) is 0 Å². The highest BCUT2D eigenvalue weighted by molar-refractivity contribution is 6.30. The van der Waals surface area contributed by atoms with Crippen LogP contribution in [0.1, 0.15) is 5.56 Å². The molecular formula is C15H17ClN2O. The standard InChI is InChI=1S/C15H17ClN2O/c1-18(2)13-6-7-14(17)15(9-13)19-10-11-4-3-5-12(16)8-11/h3-9H,10,17H2,1-2H3. The van der Waals surface area contributed by atoms with E-state index >= 15 is 0 Å². The largest absolute Gasteiger partial charge is 0.487 e. The maximum atomic E-state index is 5.94. The summed E-state index contributed by atoms with van der Waals surface area (Å²) in [6.07, 6.45) is 0. The number of anilines is 2. The number of hydrogen-bond acceptors (Lipinski definition) is 3. The zero-order chi connectivity index (χ0) is 13.8. The summed E-state index contributed by atoms with van der Waals surface area (Å²) >= 11 is 5.94. The van der Waals surface area contributed by atoms with Crippen LogP contribution < -0.4 is 15.4 Å². The molecule has 0 amide bonds. The summed E-state index contributed by atoms with van der Waals surface area (Å²) in [5.41, 5.74) is 8.61. The molecule has 0 aliphatic heterocycles. The fourth-order valence-electron chi connectivity index (χ4n) is 1.71. The number of hydrogen-bond donors (Lipinski definition) is 1. The second kappa shape index (κ2) is 5.85. The predicted octanol–water partition coefficient (Wildman–Crippen LogP) is 3.57. The van der Waals surface area contributed by atoms with Crippen molar-refractivity contribution in [1.29, 1.82) is 0 Å². The fourth-order valence-corrected chi connectivity index (χ4v) is 1.93. The quantitative estimate of drug-likeness (QED) is 0.868. The second-order valence-electron chi connectivity index (χ2n) is 4.54. The Bertz CT molecular complexity index is 570. The van der Waals surface area contributed by atoms with Crippen molar-refractivity contribution in [3.8, 4) is 5.75 Å². The zero-order valence-electron chi connectivity index (χ0n) is 11.1. The minimum Gasteiger partial charge on any atom is -0.487 e. The number of nitrogen functional groups attached to an aromatic ring is 1. The zero-order valence-corrected chi connectivity index (χ0v) is 11.8. The molecule has 0 bridgehead atoms. The lowest BCUT2D eigenvalue weighted by molar-refractivity contribution is 0.308. The van der Waals surface area contributed by atoms with Gasteiger partial charge in [-0.3, -0.25) is 0 Å². The normalized spacial score (nSPS) is 10.3. The summed E-state index contributed by atoms with van der Waals surface area (Å²) in [6, 6.07) is 13.3. The molecular weight excluding hydrogens is 260 g/mol. The first-order valence-electron chi connectivity index (χ1n) is 6.00. The molecule has 0 saturated carbocycles. The van der Waals surface area contributed by atoms with Gasteiger partial charge in [-0.2, -0.15) is 0 Å². The Morgan fingerprint density at radius 3 is 2.63 bits per heavy atom. The predicted molar refractivity (Wildman–Crippen MR) is 81.0 cm³/mol. The van der Waals surface area contributed by atoms with E-state index in [0.29, 0.717) is 23.1 Å². The van der Waals surface area contributed by atoms with Crippen molar-refractivity contribution in [2.45, 2.75) is 6.61 Å². The van der Waals surface area contributed by atoms with E-state index in [4.69, 9.17) is 22.1 Å². The van der Waals surface area contributed by atoms with Gasteiger partial charge in [0.25, 0.3) is 0 Å². The highest BCUT2D eigenvalue weighted by atomic mass is 35.5. The van der Waals surface area contributed by atoms with Crippen molar-refractivity contribution >= 4 is 23.0 Å². The van der Waals surface area contributed by atoms with Crippen molar-refractivity contribution < 1.29 is 4.74 Å². The van der Waals surface area contributed by atoms with Gasteiger partial charge in [0.1, 0.15) is 12.4 Å². The van der Waals surface area contributed by atoms with Gasteiger partial charge in [-0.15, -0.1) is 0 Å². The lowest BCUT2D eigenvalue weighted by Gasteiger charge is -2.15. The molecule has 3 nitrogen and oxygen atoms in total. The molecule has 4 heteroatoms. The van der Waals surface area contributed by atoms with E-state index in [1.807, 2.05) is 61.5 Å². The molecule has 0 aromatic heterocycles. The molecule has 2 N–H and O–H groups in total. The monoisotopic (exact) mass is 276 g/mol. The summed E-state index contributed by atoms with van der Waals surface area (Å²) in [6.45, 7) is 0.446. The van der Waals surface area contributed by atoms with Gasteiger partial charge in [-0.1, -0.05) is 23.7 Å². The minimum atomic E-state index is 0.446. The average molecular weight is 277 g/mol. The third kappa shape index (κ3) is 3.55. The van der Waals surface area contributed by atoms with Crippen LogP contribution in [-0.4, -0.2) is 14.1 Å². The number of rotatable bonds is 4. The second-order valence-corrected chi connectivity index (χ2v) is 4.97. The van der Waals surface area contributed by atoms with Gasteiger partial charge in [-0.05, 0) is 29.8 Å². The molecule has 0 unspecified atom stereocenters. The van der Waals surface area contributed by atoms with Crippen molar-refractivity contribution in [3.63, 3.8) is 0 Å². The SMILES string of the molecule is CN(C)c1ccc(N)c(OCc2cccc(Cl)c2)c1. The smallest absolute Gasteiger partial charge is 0.144 e. The van der Waals surface area contributed by atoms with Gasteiger partial charge in [-0.25, -0.2) is 0 Å². The van der Waals surface area contributed by atoms with Crippen LogP contribution in [-0.2, 0) is 6.61 Å². The molecule has 0 radical (unpaired) electrons. The fraction of sp³-hybridized carbons (Fsp3) is 0.200. The van der Waals surface area contributed by atoms with Gasteiger partial charge in [0.2, 0.25) is 0 Å². The maximum absolute atomic E-state index is 5.94. The van der Waals surface area contributed by atoms with Crippen LogP contribution in [0.2, 0.25) is 5.02 Å². The third-order valence-electron chi connectivity index (χ3n) is 2.80. The molecule has 2 aromatic rings. The summed E-state index contributed by atoms with van der Waals surface area (Å²) in [5.74, 6) is 0.686. The van der Waals surface area contributed by atoms with Crippen LogP contribution in [0.15, 0.2) is 42.5 Å². The average Bonchev–Trinajstić information content (AvgIpc) is 2.37. The van der Waals surface area contributed by atoms with Crippen LogP contribution in [0.3, 0.4) is 0 Å². The highest BCUT2D eigenvalue weighted by Crippen LogP contribution is 2.27. The van der Waals surface area contributed by atoms with Crippen LogP contribution in [0.4, 0.5) is 11.4 Å². The van der Waals surface area contributed by atoms with Crippen molar-refractivity contribution in [3.05, 3.63) is 53.1 Å². The van der Waals surface area contributed by atoms with Gasteiger partial charge >= 0.3 is 0 Å². The first-order valence-corrected chi connectivity index (χ1v) is 6.38. The van der Waals surface area contributed by atoms with E-state index in [-0.39, 0.29) is 0 Å². The van der Waals surface area contributed by atoms with E-state index in [0.717, 1.165) is 11.3 Å². The van der Waals surface area contributed by atoms with Gasteiger partial charge < -0.3 is 15.4 Å². The van der Waals surface area contributed by atoms with E-state index in [9.17, 15) is 0 Å². The Balaban J connectivity index is 2.12. The van der Waals surface area contributed by atoms with E-state index in [1.165, 1.54) is 0 Å². The van der Waals surface area contributed by atoms with E-state index in [1.54, 1.807) is 0 Å². The van der Waals surface area contributed by atoms with Crippen LogP contribution in [0.5, 0.6) is 5.75 Å².